The fourth-order valence-corrected chi connectivity index (χ4v) is 3.97. The number of piperazine rings is 1. The van der Waals surface area contributed by atoms with Crippen molar-refractivity contribution in [1.82, 2.24) is 14.4 Å². The van der Waals surface area contributed by atoms with Gasteiger partial charge in [0, 0.05) is 26.2 Å². The lowest BCUT2D eigenvalue weighted by molar-refractivity contribution is -0.141. The van der Waals surface area contributed by atoms with Crippen molar-refractivity contribution < 1.29 is 18.7 Å². The highest BCUT2D eigenvalue weighted by atomic mass is 16.5. The molecule has 0 radical (unpaired) electrons. The van der Waals surface area contributed by atoms with Gasteiger partial charge in [0.25, 0.3) is 0 Å². The number of benzene rings is 2. The molecule has 0 saturated carbocycles. The van der Waals surface area contributed by atoms with Crippen LogP contribution in [-0.2, 0) is 16.0 Å². The molecule has 1 aliphatic rings. The smallest absolute Gasteiger partial charge is 0.420 e. The molecule has 8 heteroatoms. The van der Waals surface area contributed by atoms with Crippen molar-refractivity contribution >= 4 is 22.9 Å². The number of ether oxygens (including phenoxy) is 1. The Morgan fingerprint density at radius 2 is 1.74 bits per heavy atom. The van der Waals surface area contributed by atoms with Gasteiger partial charge in [-0.25, -0.2) is 4.79 Å². The molecule has 162 valence electrons. The van der Waals surface area contributed by atoms with E-state index in [-0.39, 0.29) is 18.2 Å². The molecule has 1 aliphatic heterocycles. The van der Waals surface area contributed by atoms with E-state index in [9.17, 15) is 14.4 Å². The molecule has 0 bridgehead atoms. The van der Waals surface area contributed by atoms with Crippen LogP contribution in [0.25, 0.3) is 11.1 Å². The van der Waals surface area contributed by atoms with Gasteiger partial charge in [0.1, 0.15) is 11.8 Å². The molecule has 8 nitrogen and oxygen atoms in total. The molecule has 2 amide bonds. The standard InChI is InChI=1S/C23H25N3O5/c1-16(26-19-8-3-4-9-20(19)31-23(26)29)22(28)25-12-10-24(11-13-25)21(27)15-17-6-5-7-18(14-17)30-2/h3-9,14,16H,10-13,15H2,1-2H3. The number of aromatic nitrogens is 1. The van der Waals surface area contributed by atoms with Gasteiger partial charge >= 0.3 is 5.76 Å². The molecular formula is C23H25N3O5. The van der Waals surface area contributed by atoms with Gasteiger partial charge < -0.3 is 19.0 Å². The molecular weight excluding hydrogens is 398 g/mol. The zero-order valence-corrected chi connectivity index (χ0v) is 17.6. The van der Waals surface area contributed by atoms with Crippen LogP contribution < -0.4 is 10.5 Å². The van der Waals surface area contributed by atoms with Crippen molar-refractivity contribution in [2.75, 3.05) is 33.3 Å². The number of nitrogens with zero attached hydrogens (tertiary/aromatic N) is 3. The maximum absolute atomic E-state index is 13.0. The first-order valence-corrected chi connectivity index (χ1v) is 10.3. The minimum Gasteiger partial charge on any atom is -0.497 e. The summed E-state index contributed by atoms with van der Waals surface area (Å²) in [5.74, 6) is 0.0323. The van der Waals surface area contributed by atoms with Crippen LogP contribution in [0.15, 0.2) is 57.7 Å². The van der Waals surface area contributed by atoms with E-state index in [2.05, 4.69) is 0 Å². The predicted octanol–water partition coefficient (Wildman–Crippen LogP) is 2.08. The molecule has 1 saturated heterocycles. The van der Waals surface area contributed by atoms with Crippen molar-refractivity contribution in [2.45, 2.75) is 19.4 Å². The molecule has 1 fully saturated rings. The fraction of sp³-hybridized carbons (Fsp3) is 0.348. The van der Waals surface area contributed by atoms with Gasteiger partial charge in [-0.3, -0.25) is 14.2 Å². The van der Waals surface area contributed by atoms with Crippen LogP contribution >= 0.6 is 0 Å². The van der Waals surface area contributed by atoms with E-state index in [0.29, 0.717) is 37.3 Å². The Balaban J connectivity index is 1.38. The van der Waals surface area contributed by atoms with Gasteiger partial charge in [0.15, 0.2) is 5.58 Å². The van der Waals surface area contributed by atoms with E-state index in [4.69, 9.17) is 9.15 Å². The predicted molar refractivity (Wildman–Crippen MR) is 115 cm³/mol. The molecule has 4 rings (SSSR count). The minimum atomic E-state index is -0.685. The van der Waals surface area contributed by atoms with E-state index in [1.54, 1.807) is 48.1 Å². The van der Waals surface area contributed by atoms with Crippen LogP contribution in [0.4, 0.5) is 0 Å². The van der Waals surface area contributed by atoms with Crippen LogP contribution in [0.1, 0.15) is 18.5 Å². The Morgan fingerprint density at radius 3 is 2.48 bits per heavy atom. The van der Waals surface area contributed by atoms with Crippen LogP contribution in [0.3, 0.4) is 0 Å². The topological polar surface area (TPSA) is 85.0 Å². The second kappa shape index (κ2) is 8.67. The molecule has 2 heterocycles. The van der Waals surface area contributed by atoms with Gasteiger partial charge in [0.2, 0.25) is 11.8 Å². The van der Waals surface area contributed by atoms with Gasteiger partial charge in [-0.1, -0.05) is 24.3 Å². The third kappa shape index (κ3) is 4.19. The highest BCUT2D eigenvalue weighted by Crippen LogP contribution is 2.19. The summed E-state index contributed by atoms with van der Waals surface area (Å²) in [6, 6.07) is 13.8. The average Bonchev–Trinajstić information content (AvgIpc) is 3.14. The second-order valence-electron chi connectivity index (χ2n) is 7.62. The Bertz CT molecular complexity index is 1160. The van der Waals surface area contributed by atoms with Crippen molar-refractivity contribution in [1.29, 1.82) is 0 Å². The van der Waals surface area contributed by atoms with E-state index < -0.39 is 11.8 Å². The Hall–Kier alpha value is -3.55. The average molecular weight is 423 g/mol. The summed E-state index contributed by atoms with van der Waals surface area (Å²) >= 11 is 0. The van der Waals surface area contributed by atoms with Crippen molar-refractivity contribution in [3.63, 3.8) is 0 Å². The summed E-state index contributed by atoms with van der Waals surface area (Å²) in [6.07, 6.45) is 0.290. The Labute approximate surface area is 179 Å². The molecule has 1 aromatic heterocycles. The first-order chi connectivity index (χ1) is 15.0. The number of hydrogen-bond acceptors (Lipinski definition) is 5. The van der Waals surface area contributed by atoms with E-state index in [1.807, 2.05) is 24.3 Å². The monoisotopic (exact) mass is 423 g/mol. The normalized spacial score (nSPS) is 15.2. The van der Waals surface area contributed by atoms with Crippen LogP contribution in [-0.4, -0.2) is 59.5 Å². The molecule has 0 N–H and O–H groups in total. The highest BCUT2D eigenvalue weighted by molar-refractivity contribution is 5.84. The van der Waals surface area contributed by atoms with Gasteiger partial charge in [-0.2, -0.15) is 0 Å². The van der Waals surface area contributed by atoms with Crippen molar-refractivity contribution in [3.8, 4) is 5.75 Å². The van der Waals surface area contributed by atoms with Crippen LogP contribution in [0.2, 0.25) is 0 Å². The summed E-state index contributed by atoms with van der Waals surface area (Å²) in [5, 5.41) is 0. The van der Waals surface area contributed by atoms with E-state index in [1.165, 1.54) is 4.57 Å². The third-order valence-corrected chi connectivity index (χ3v) is 5.70. The number of carbonyl (C=O) groups excluding carboxylic acids is 2. The minimum absolute atomic E-state index is 0.0189. The lowest BCUT2D eigenvalue weighted by atomic mass is 10.1. The lowest BCUT2D eigenvalue weighted by Crippen LogP contribution is -2.52. The highest BCUT2D eigenvalue weighted by Gasteiger charge is 2.29. The third-order valence-electron chi connectivity index (χ3n) is 5.70. The fourth-order valence-electron chi connectivity index (χ4n) is 3.97. The Kier molecular flexibility index (Phi) is 5.79. The number of para-hydroxylation sites is 2. The number of methoxy groups -OCH3 is 1. The summed E-state index contributed by atoms with van der Waals surface area (Å²) in [4.78, 5) is 41.5. The van der Waals surface area contributed by atoms with Crippen LogP contribution in [0.5, 0.6) is 5.75 Å². The number of rotatable bonds is 5. The van der Waals surface area contributed by atoms with E-state index in [0.717, 1.165) is 11.3 Å². The molecule has 1 atom stereocenters. The Morgan fingerprint density at radius 1 is 1.03 bits per heavy atom. The molecule has 0 aliphatic carbocycles. The maximum Gasteiger partial charge on any atom is 0.420 e. The summed E-state index contributed by atoms with van der Waals surface area (Å²) in [5.41, 5.74) is 1.95. The molecule has 1 unspecified atom stereocenters. The maximum atomic E-state index is 13.0. The quantitative estimate of drug-likeness (QED) is 0.627. The van der Waals surface area contributed by atoms with Crippen LogP contribution in [0, 0.1) is 0 Å². The number of carbonyl (C=O) groups is 2. The number of oxazole rings is 1. The summed E-state index contributed by atoms with van der Waals surface area (Å²) in [6.45, 7) is 3.48. The second-order valence-corrected chi connectivity index (χ2v) is 7.62. The van der Waals surface area contributed by atoms with Gasteiger partial charge in [0.05, 0.1) is 19.0 Å². The van der Waals surface area contributed by atoms with Crippen molar-refractivity contribution in [2.24, 2.45) is 0 Å². The van der Waals surface area contributed by atoms with Gasteiger partial charge in [-0.15, -0.1) is 0 Å². The SMILES string of the molecule is COc1cccc(CC(=O)N2CCN(C(=O)C(C)n3c(=O)oc4ccccc43)CC2)c1. The molecule has 2 aromatic carbocycles. The number of amides is 2. The zero-order valence-electron chi connectivity index (χ0n) is 17.6. The van der Waals surface area contributed by atoms with Gasteiger partial charge in [-0.05, 0) is 36.8 Å². The number of hydrogen-bond donors (Lipinski definition) is 0. The van der Waals surface area contributed by atoms with Crippen molar-refractivity contribution in [3.05, 3.63) is 64.6 Å². The molecule has 0 spiro atoms. The lowest BCUT2D eigenvalue weighted by Gasteiger charge is -2.36. The van der Waals surface area contributed by atoms with E-state index >= 15 is 0 Å². The summed E-state index contributed by atoms with van der Waals surface area (Å²) in [7, 11) is 1.60. The number of fused-ring (bicyclic) bond motifs is 1. The molecule has 31 heavy (non-hydrogen) atoms. The molecule has 3 aromatic rings. The zero-order chi connectivity index (χ0) is 22.0. The first kappa shape index (κ1) is 20.7. The largest absolute Gasteiger partial charge is 0.497 e. The summed E-state index contributed by atoms with van der Waals surface area (Å²) < 4.78 is 11.9. The first-order valence-electron chi connectivity index (χ1n) is 10.3.